The number of aromatic carboxylic acids is 1. The number of rotatable bonds is 7. The number of carbonyl (C=O) groups is 1. The van der Waals surface area contributed by atoms with Gasteiger partial charge in [0.25, 0.3) is 0 Å². The summed E-state index contributed by atoms with van der Waals surface area (Å²) in [5.41, 5.74) is 1.75. The zero-order valence-corrected chi connectivity index (χ0v) is 20.2. The van der Waals surface area contributed by atoms with Crippen molar-refractivity contribution < 1.29 is 38.3 Å². The molecule has 0 bridgehead atoms. The van der Waals surface area contributed by atoms with E-state index in [0.29, 0.717) is 45.9 Å². The maximum atomic E-state index is 12.7. The second kappa shape index (κ2) is 8.80. The van der Waals surface area contributed by atoms with Crippen molar-refractivity contribution >= 4 is 28.6 Å². The predicted molar refractivity (Wildman–Crippen MR) is 130 cm³/mol. The molecule has 36 heavy (non-hydrogen) atoms. The average molecular weight is 508 g/mol. The van der Waals surface area contributed by atoms with Crippen LogP contribution in [0.3, 0.4) is 0 Å². The van der Waals surface area contributed by atoms with E-state index >= 15 is 0 Å². The van der Waals surface area contributed by atoms with E-state index in [4.69, 9.17) is 28.4 Å². The second-order valence-corrected chi connectivity index (χ2v) is 9.18. The summed E-state index contributed by atoms with van der Waals surface area (Å²) < 4.78 is 34.7. The molecule has 10 heteroatoms. The molecular weight excluding hydrogens is 486 g/mol. The van der Waals surface area contributed by atoms with Crippen LogP contribution in [0.4, 0.5) is 0 Å². The molecule has 184 valence electrons. The number of nitrogens with zero attached hydrogens (tertiary/aromatic N) is 1. The molecule has 2 aliphatic rings. The Labute approximate surface area is 210 Å². The van der Waals surface area contributed by atoms with Gasteiger partial charge < -0.3 is 38.1 Å². The van der Waals surface area contributed by atoms with Gasteiger partial charge in [0, 0.05) is 22.9 Å². The molecule has 3 aromatic carbocycles. The molecule has 3 heterocycles. The lowest BCUT2D eigenvalue weighted by Gasteiger charge is -2.11. The molecule has 0 fully saturated rings. The Morgan fingerprint density at radius 1 is 0.889 bits per heavy atom. The highest BCUT2D eigenvalue weighted by Crippen LogP contribution is 2.46. The smallest absolute Gasteiger partial charge is 0.353 e. The van der Waals surface area contributed by atoms with Crippen molar-refractivity contribution in [3.05, 3.63) is 59.8 Å². The summed E-state index contributed by atoms with van der Waals surface area (Å²) in [5, 5.41) is 11.1. The Balaban J connectivity index is 1.51. The monoisotopic (exact) mass is 507 g/mol. The highest BCUT2D eigenvalue weighted by Gasteiger charge is 2.27. The van der Waals surface area contributed by atoms with Crippen molar-refractivity contribution in [2.75, 3.05) is 27.8 Å². The Bertz CT molecular complexity index is 1510. The van der Waals surface area contributed by atoms with Gasteiger partial charge in [-0.05, 0) is 42.0 Å². The average Bonchev–Trinajstić information content (AvgIpc) is 3.60. The van der Waals surface area contributed by atoms with E-state index in [9.17, 15) is 9.90 Å². The van der Waals surface area contributed by atoms with Crippen LogP contribution in [0.2, 0.25) is 0 Å². The number of benzene rings is 3. The van der Waals surface area contributed by atoms with Crippen LogP contribution in [0, 0.1) is 0 Å². The zero-order valence-electron chi connectivity index (χ0n) is 19.4. The SMILES string of the molecule is COc1ccc(Sc2c(C(=O)O)n(Cc3ccc4c(c3)OCO4)c3cc4c(cc23)OCO4)cc1OC. The van der Waals surface area contributed by atoms with Crippen molar-refractivity contribution in [2.24, 2.45) is 0 Å². The maximum absolute atomic E-state index is 12.7. The summed E-state index contributed by atoms with van der Waals surface area (Å²) in [7, 11) is 3.13. The number of methoxy groups -OCH3 is 2. The van der Waals surface area contributed by atoms with Gasteiger partial charge in [0.2, 0.25) is 13.6 Å². The van der Waals surface area contributed by atoms with Crippen LogP contribution in [-0.2, 0) is 6.54 Å². The first-order valence-corrected chi connectivity index (χ1v) is 11.8. The first kappa shape index (κ1) is 22.3. The normalized spacial score (nSPS) is 13.3. The van der Waals surface area contributed by atoms with Gasteiger partial charge >= 0.3 is 5.97 Å². The molecule has 0 amide bonds. The summed E-state index contributed by atoms with van der Waals surface area (Å²) >= 11 is 1.34. The van der Waals surface area contributed by atoms with Gasteiger partial charge in [0.05, 0.1) is 24.6 Å². The highest BCUT2D eigenvalue weighted by molar-refractivity contribution is 7.99. The molecule has 0 spiro atoms. The lowest BCUT2D eigenvalue weighted by molar-refractivity contribution is 0.0682. The first-order chi connectivity index (χ1) is 17.6. The van der Waals surface area contributed by atoms with Gasteiger partial charge in [-0.15, -0.1) is 0 Å². The van der Waals surface area contributed by atoms with E-state index in [0.717, 1.165) is 21.4 Å². The van der Waals surface area contributed by atoms with E-state index < -0.39 is 5.97 Å². The Morgan fingerprint density at radius 2 is 1.58 bits per heavy atom. The molecule has 0 saturated carbocycles. The lowest BCUT2D eigenvalue weighted by Crippen LogP contribution is -2.10. The number of aromatic nitrogens is 1. The number of ether oxygens (including phenoxy) is 6. The number of hydrogen-bond acceptors (Lipinski definition) is 8. The van der Waals surface area contributed by atoms with Gasteiger partial charge in [-0.25, -0.2) is 4.79 Å². The van der Waals surface area contributed by atoms with Gasteiger partial charge in [-0.1, -0.05) is 17.8 Å². The van der Waals surface area contributed by atoms with Crippen LogP contribution in [0.5, 0.6) is 34.5 Å². The molecule has 1 N–H and O–H groups in total. The summed E-state index contributed by atoms with van der Waals surface area (Å²) in [6.45, 7) is 0.593. The Kier molecular flexibility index (Phi) is 5.45. The third-order valence-corrected chi connectivity index (χ3v) is 7.17. The van der Waals surface area contributed by atoms with E-state index in [2.05, 4.69) is 0 Å². The fourth-order valence-corrected chi connectivity index (χ4v) is 5.51. The van der Waals surface area contributed by atoms with E-state index in [1.165, 1.54) is 11.8 Å². The fourth-order valence-electron chi connectivity index (χ4n) is 4.41. The molecule has 4 aromatic rings. The van der Waals surface area contributed by atoms with E-state index in [1.54, 1.807) is 24.9 Å². The molecular formula is C26H21NO8S. The van der Waals surface area contributed by atoms with Crippen molar-refractivity contribution in [1.82, 2.24) is 4.57 Å². The Hall–Kier alpha value is -4.18. The molecule has 0 unspecified atom stereocenters. The number of hydrogen-bond donors (Lipinski definition) is 1. The number of fused-ring (bicyclic) bond motifs is 3. The summed E-state index contributed by atoms with van der Waals surface area (Å²) in [5.74, 6) is 2.56. The Morgan fingerprint density at radius 3 is 2.31 bits per heavy atom. The lowest BCUT2D eigenvalue weighted by atomic mass is 10.2. The zero-order chi connectivity index (χ0) is 24.8. The van der Waals surface area contributed by atoms with Gasteiger partial charge in [0.1, 0.15) is 5.69 Å². The number of carboxylic acids is 1. The minimum atomic E-state index is -1.04. The van der Waals surface area contributed by atoms with Crippen molar-refractivity contribution in [3.8, 4) is 34.5 Å². The molecule has 1 aromatic heterocycles. The summed E-state index contributed by atoms with van der Waals surface area (Å²) in [6, 6.07) is 14.8. The fraction of sp³-hybridized carbons (Fsp3) is 0.192. The maximum Gasteiger partial charge on any atom is 0.353 e. The molecule has 6 rings (SSSR count). The third kappa shape index (κ3) is 3.70. The van der Waals surface area contributed by atoms with Crippen LogP contribution in [0.1, 0.15) is 16.1 Å². The molecule has 0 atom stereocenters. The van der Waals surface area contributed by atoms with Crippen molar-refractivity contribution in [2.45, 2.75) is 16.3 Å². The molecule has 0 saturated heterocycles. The summed E-state index contributed by atoms with van der Waals surface area (Å²) in [4.78, 5) is 14.1. The quantitative estimate of drug-likeness (QED) is 0.370. The highest BCUT2D eigenvalue weighted by atomic mass is 32.2. The molecule has 9 nitrogen and oxygen atoms in total. The first-order valence-electron chi connectivity index (χ1n) is 11.0. The molecule has 0 aliphatic carbocycles. The molecule has 2 aliphatic heterocycles. The third-order valence-electron chi connectivity index (χ3n) is 6.07. The van der Waals surface area contributed by atoms with E-state index in [1.807, 2.05) is 42.5 Å². The van der Waals surface area contributed by atoms with Crippen LogP contribution in [-0.4, -0.2) is 43.4 Å². The molecule has 0 radical (unpaired) electrons. The summed E-state index contributed by atoms with van der Waals surface area (Å²) in [6.07, 6.45) is 0. The van der Waals surface area contributed by atoms with Crippen LogP contribution >= 0.6 is 11.8 Å². The van der Waals surface area contributed by atoms with Crippen molar-refractivity contribution in [1.29, 1.82) is 0 Å². The van der Waals surface area contributed by atoms with Crippen molar-refractivity contribution in [3.63, 3.8) is 0 Å². The van der Waals surface area contributed by atoms with E-state index in [-0.39, 0.29) is 19.3 Å². The second-order valence-electron chi connectivity index (χ2n) is 8.10. The standard InChI is InChI=1S/C26H21NO8S/c1-30-18-6-4-15(8-20(18)31-2)36-25-16-9-22-23(35-13-34-22)10-17(16)27(24(25)26(28)29)11-14-3-5-19-21(7-14)33-12-32-19/h3-10H,11-13H2,1-2H3,(H,28,29). The topological polar surface area (TPSA) is 97.6 Å². The van der Waals surface area contributed by atoms with Gasteiger partial charge in [-0.2, -0.15) is 0 Å². The largest absolute Gasteiger partial charge is 0.493 e. The van der Waals surface area contributed by atoms with Crippen LogP contribution in [0.15, 0.2) is 58.3 Å². The minimum Gasteiger partial charge on any atom is -0.493 e. The number of carboxylic acid groups (broad SMARTS) is 1. The minimum absolute atomic E-state index is 0.119. The predicted octanol–water partition coefficient (Wildman–Crippen LogP) is 5.01. The van der Waals surface area contributed by atoms with Gasteiger partial charge in [-0.3, -0.25) is 0 Å². The van der Waals surface area contributed by atoms with Gasteiger partial charge in [0.15, 0.2) is 34.5 Å². The van der Waals surface area contributed by atoms with Crippen LogP contribution < -0.4 is 28.4 Å². The van der Waals surface area contributed by atoms with Crippen LogP contribution in [0.25, 0.3) is 10.9 Å².